The molecule has 5 rings (SSSR count). The van der Waals surface area contributed by atoms with Crippen molar-refractivity contribution in [1.29, 1.82) is 0 Å². The summed E-state index contributed by atoms with van der Waals surface area (Å²) in [7, 11) is 0. The summed E-state index contributed by atoms with van der Waals surface area (Å²) in [4.78, 5) is 8.56. The van der Waals surface area contributed by atoms with Crippen molar-refractivity contribution in [2.24, 2.45) is 0 Å². The first kappa shape index (κ1) is 18.1. The highest BCUT2D eigenvalue weighted by Crippen LogP contribution is 2.34. The molecule has 0 radical (unpaired) electrons. The molecule has 0 atom stereocenters. The quantitative estimate of drug-likeness (QED) is 0.343. The van der Waals surface area contributed by atoms with E-state index in [9.17, 15) is 0 Å². The van der Waals surface area contributed by atoms with Crippen LogP contribution in [0.4, 0.5) is 0 Å². The third kappa shape index (κ3) is 3.56. The fourth-order valence-corrected chi connectivity index (χ4v) is 3.70. The topological polar surface area (TPSA) is 28.7 Å². The van der Waals surface area contributed by atoms with Crippen molar-refractivity contribution in [1.82, 2.24) is 9.97 Å². The second-order valence-corrected chi connectivity index (χ2v) is 7.48. The van der Waals surface area contributed by atoms with Crippen LogP contribution in [0, 0.1) is 6.92 Å². The highest BCUT2D eigenvalue weighted by Gasteiger charge is 2.15. The van der Waals surface area contributed by atoms with Crippen LogP contribution in [0.3, 0.4) is 0 Å². The van der Waals surface area contributed by atoms with Crippen LogP contribution in [0.5, 0.6) is 0 Å². The van der Waals surface area contributed by atoms with E-state index in [-0.39, 0.29) is 0 Å². The Morgan fingerprint density at radius 3 is 1.63 bits per heavy atom. The molecule has 0 spiro atoms. The molecule has 2 nitrogen and oxygen atoms in total. The van der Waals surface area contributed by atoms with Gasteiger partial charge in [-0.3, -0.25) is 0 Å². The molecule has 0 bridgehead atoms. The molecule has 0 amide bonds. The van der Waals surface area contributed by atoms with Gasteiger partial charge in [0, 0.05) is 16.7 Å². The number of imidazole rings is 1. The smallest absolute Gasteiger partial charge is 0.138 e. The van der Waals surface area contributed by atoms with Crippen LogP contribution in [-0.4, -0.2) is 9.97 Å². The number of aryl methyl sites for hydroxylation is 1. The Hall–Kier alpha value is -3.91. The van der Waals surface area contributed by atoms with Gasteiger partial charge in [-0.25, -0.2) is 4.98 Å². The molecule has 30 heavy (non-hydrogen) atoms. The number of H-pyrrole nitrogens is 1. The molecular weight excluding hydrogens is 364 g/mol. The van der Waals surface area contributed by atoms with E-state index in [2.05, 4.69) is 109 Å². The van der Waals surface area contributed by atoms with E-state index >= 15 is 0 Å². The van der Waals surface area contributed by atoms with E-state index in [0.29, 0.717) is 0 Å². The predicted molar refractivity (Wildman–Crippen MR) is 125 cm³/mol. The average molecular weight is 386 g/mol. The molecule has 144 valence electrons. The van der Waals surface area contributed by atoms with Crippen molar-refractivity contribution in [3.8, 4) is 45.0 Å². The first-order chi connectivity index (χ1) is 14.8. The van der Waals surface area contributed by atoms with Crippen molar-refractivity contribution in [2.75, 3.05) is 0 Å². The van der Waals surface area contributed by atoms with Crippen molar-refractivity contribution < 1.29 is 0 Å². The van der Waals surface area contributed by atoms with E-state index in [1.807, 2.05) is 12.1 Å². The Balaban J connectivity index is 1.60. The lowest BCUT2D eigenvalue weighted by molar-refractivity contribution is 1.30. The molecule has 0 fully saturated rings. The molecule has 5 aromatic rings. The first-order valence-corrected chi connectivity index (χ1v) is 10.2. The summed E-state index contributed by atoms with van der Waals surface area (Å²) in [6.45, 7) is 2.10. The maximum absolute atomic E-state index is 4.98. The fourth-order valence-electron chi connectivity index (χ4n) is 3.70. The van der Waals surface area contributed by atoms with Crippen LogP contribution in [0.15, 0.2) is 109 Å². The summed E-state index contributed by atoms with van der Waals surface area (Å²) >= 11 is 0. The molecule has 0 saturated carbocycles. The Morgan fingerprint density at radius 1 is 0.500 bits per heavy atom. The number of rotatable bonds is 4. The highest BCUT2D eigenvalue weighted by molar-refractivity contribution is 5.82. The van der Waals surface area contributed by atoms with Crippen LogP contribution in [0.1, 0.15) is 5.56 Å². The molecule has 1 aromatic heterocycles. The van der Waals surface area contributed by atoms with Gasteiger partial charge in [-0.2, -0.15) is 0 Å². The molecule has 1 heterocycles. The Morgan fingerprint density at radius 2 is 1.00 bits per heavy atom. The Kier molecular flexibility index (Phi) is 4.74. The summed E-state index contributed by atoms with van der Waals surface area (Å²) in [5.41, 5.74) is 9.00. The van der Waals surface area contributed by atoms with Crippen LogP contribution < -0.4 is 0 Å². The summed E-state index contributed by atoms with van der Waals surface area (Å²) in [6, 6.07) is 38.0. The molecule has 0 aliphatic rings. The predicted octanol–water partition coefficient (Wildman–Crippen LogP) is 7.39. The van der Waals surface area contributed by atoms with Crippen molar-refractivity contribution >= 4 is 0 Å². The number of hydrogen-bond acceptors (Lipinski definition) is 1. The van der Waals surface area contributed by atoms with Crippen LogP contribution in [0.25, 0.3) is 45.0 Å². The second kappa shape index (κ2) is 7.84. The lowest BCUT2D eigenvalue weighted by Crippen LogP contribution is -1.84. The third-order valence-electron chi connectivity index (χ3n) is 5.36. The van der Waals surface area contributed by atoms with E-state index in [1.165, 1.54) is 16.7 Å². The maximum Gasteiger partial charge on any atom is 0.138 e. The van der Waals surface area contributed by atoms with Gasteiger partial charge in [0.25, 0.3) is 0 Å². The number of aromatic nitrogens is 2. The average Bonchev–Trinajstić information content (AvgIpc) is 3.26. The minimum atomic E-state index is 0.885. The number of hydrogen-bond donors (Lipinski definition) is 1. The van der Waals surface area contributed by atoms with E-state index in [0.717, 1.165) is 33.9 Å². The Labute approximate surface area is 176 Å². The van der Waals surface area contributed by atoms with Crippen LogP contribution in [0.2, 0.25) is 0 Å². The van der Waals surface area contributed by atoms with Gasteiger partial charge in [-0.15, -0.1) is 0 Å². The molecule has 4 aromatic carbocycles. The van der Waals surface area contributed by atoms with Crippen molar-refractivity contribution in [3.63, 3.8) is 0 Å². The minimum absolute atomic E-state index is 0.885. The monoisotopic (exact) mass is 386 g/mol. The van der Waals surface area contributed by atoms with E-state index in [4.69, 9.17) is 4.98 Å². The lowest BCUT2D eigenvalue weighted by Gasteiger charge is -2.06. The van der Waals surface area contributed by atoms with Gasteiger partial charge in [0.15, 0.2) is 0 Å². The zero-order valence-electron chi connectivity index (χ0n) is 16.8. The van der Waals surface area contributed by atoms with E-state index in [1.54, 1.807) is 0 Å². The third-order valence-corrected chi connectivity index (χ3v) is 5.36. The fraction of sp³-hybridized carbons (Fsp3) is 0.0357. The first-order valence-electron chi connectivity index (χ1n) is 10.2. The molecule has 2 heteroatoms. The van der Waals surface area contributed by atoms with Gasteiger partial charge >= 0.3 is 0 Å². The van der Waals surface area contributed by atoms with Gasteiger partial charge in [0.1, 0.15) is 5.82 Å². The van der Waals surface area contributed by atoms with Gasteiger partial charge in [-0.1, -0.05) is 115 Å². The molecule has 0 saturated heterocycles. The molecule has 0 unspecified atom stereocenters. The van der Waals surface area contributed by atoms with E-state index < -0.39 is 0 Å². The number of aromatic amines is 1. The van der Waals surface area contributed by atoms with Crippen LogP contribution in [-0.2, 0) is 0 Å². The minimum Gasteiger partial charge on any atom is -0.337 e. The van der Waals surface area contributed by atoms with Crippen LogP contribution >= 0.6 is 0 Å². The summed E-state index contributed by atoms with van der Waals surface area (Å²) in [6.07, 6.45) is 0. The van der Waals surface area contributed by atoms with Crippen molar-refractivity contribution in [2.45, 2.75) is 6.92 Å². The van der Waals surface area contributed by atoms with Gasteiger partial charge < -0.3 is 4.98 Å². The number of nitrogens with zero attached hydrogens (tertiary/aromatic N) is 1. The number of nitrogens with one attached hydrogen (secondary N) is 1. The molecule has 1 N–H and O–H groups in total. The summed E-state index contributed by atoms with van der Waals surface area (Å²) in [5.74, 6) is 0.885. The zero-order valence-corrected chi connectivity index (χ0v) is 16.8. The zero-order chi connectivity index (χ0) is 20.3. The van der Waals surface area contributed by atoms with Gasteiger partial charge in [-0.05, 0) is 18.1 Å². The molecular formula is C28H22N2. The second-order valence-electron chi connectivity index (χ2n) is 7.48. The number of benzene rings is 4. The van der Waals surface area contributed by atoms with Gasteiger partial charge in [0.05, 0.1) is 11.4 Å². The molecule has 0 aliphatic heterocycles. The van der Waals surface area contributed by atoms with Crippen molar-refractivity contribution in [3.05, 3.63) is 115 Å². The normalized spacial score (nSPS) is 10.8. The Bertz CT molecular complexity index is 1250. The highest BCUT2D eigenvalue weighted by atomic mass is 14.9. The molecule has 0 aliphatic carbocycles. The van der Waals surface area contributed by atoms with Gasteiger partial charge in [0.2, 0.25) is 0 Å². The largest absolute Gasteiger partial charge is 0.337 e. The maximum atomic E-state index is 4.98. The summed E-state index contributed by atoms with van der Waals surface area (Å²) < 4.78 is 0. The lowest BCUT2D eigenvalue weighted by atomic mass is 10.0. The standard InChI is InChI=1S/C28H22N2/c1-20-12-14-25(15-13-20)28-29-26(23-10-6-3-7-11-23)27(30-28)24-18-16-22(17-19-24)21-8-4-2-5-9-21/h2-19H,1H3,(H,29,30). The summed E-state index contributed by atoms with van der Waals surface area (Å²) in [5, 5.41) is 0. The SMILES string of the molecule is Cc1ccc(-c2nc(-c3ccccc3)c(-c3ccc(-c4ccccc4)cc3)[nH]2)cc1.